The highest BCUT2D eigenvalue weighted by molar-refractivity contribution is 7.92. The SMILES string of the molecule is CNC(=O)[C@H](Cc1ccccc1)N(Cc1ccc(Cl)cc1)C(=O)CN(c1cc(OC)ccc1OC)S(=O)(=O)c1ccccc1. The van der Waals surface area contributed by atoms with Crippen LogP contribution in [0.2, 0.25) is 5.02 Å². The third kappa shape index (κ3) is 7.69. The Labute approximate surface area is 263 Å². The van der Waals surface area contributed by atoms with Crippen molar-refractivity contribution >= 4 is 39.1 Å². The number of ether oxygens (including phenoxy) is 2. The van der Waals surface area contributed by atoms with Crippen LogP contribution in [-0.4, -0.2) is 59.0 Å². The molecule has 0 saturated carbocycles. The highest BCUT2D eigenvalue weighted by Crippen LogP contribution is 2.36. The molecule has 4 aromatic carbocycles. The van der Waals surface area contributed by atoms with Crippen LogP contribution < -0.4 is 19.1 Å². The number of hydrogen-bond acceptors (Lipinski definition) is 6. The zero-order valence-electron chi connectivity index (χ0n) is 24.6. The molecule has 44 heavy (non-hydrogen) atoms. The summed E-state index contributed by atoms with van der Waals surface area (Å²) in [6, 6.07) is 27.8. The van der Waals surface area contributed by atoms with E-state index in [0.29, 0.717) is 16.3 Å². The minimum atomic E-state index is -4.30. The number of likely N-dealkylation sites (N-methyl/N-ethyl adjacent to an activating group) is 1. The fourth-order valence-corrected chi connectivity index (χ4v) is 6.30. The molecule has 0 saturated heterocycles. The van der Waals surface area contributed by atoms with Gasteiger partial charge in [-0.05, 0) is 47.5 Å². The molecule has 0 aromatic heterocycles. The van der Waals surface area contributed by atoms with Gasteiger partial charge in [-0.1, -0.05) is 72.3 Å². The molecule has 4 rings (SSSR count). The third-order valence-corrected chi connectivity index (χ3v) is 9.07. The number of carbonyl (C=O) groups is 2. The second-order valence-electron chi connectivity index (χ2n) is 9.83. The molecular weight excluding hydrogens is 602 g/mol. The molecular formula is C33H34ClN3O6S. The van der Waals surface area contributed by atoms with Crippen LogP contribution in [0.5, 0.6) is 11.5 Å². The van der Waals surface area contributed by atoms with Gasteiger partial charge in [-0.3, -0.25) is 13.9 Å². The molecule has 0 bridgehead atoms. The Bertz CT molecular complexity index is 1670. The quantitative estimate of drug-likeness (QED) is 0.223. The van der Waals surface area contributed by atoms with E-state index in [-0.39, 0.29) is 29.3 Å². The molecule has 2 amide bonds. The van der Waals surface area contributed by atoms with E-state index in [1.54, 1.807) is 54.6 Å². The number of methoxy groups -OCH3 is 2. The summed E-state index contributed by atoms with van der Waals surface area (Å²) in [6.07, 6.45) is 0.202. The van der Waals surface area contributed by atoms with Crippen LogP contribution in [-0.2, 0) is 32.6 Å². The van der Waals surface area contributed by atoms with Crippen molar-refractivity contribution in [3.63, 3.8) is 0 Å². The van der Waals surface area contributed by atoms with Crippen molar-refractivity contribution < 1.29 is 27.5 Å². The maximum atomic E-state index is 14.4. The van der Waals surface area contributed by atoms with Gasteiger partial charge in [0.25, 0.3) is 10.0 Å². The van der Waals surface area contributed by atoms with Crippen molar-refractivity contribution in [3.8, 4) is 11.5 Å². The Balaban J connectivity index is 1.84. The van der Waals surface area contributed by atoms with Gasteiger partial charge in [0.1, 0.15) is 24.1 Å². The van der Waals surface area contributed by atoms with Gasteiger partial charge >= 0.3 is 0 Å². The molecule has 0 radical (unpaired) electrons. The fraction of sp³-hybridized carbons (Fsp3) is 0.212. The lowest BCUT2D eigenvalue weighted by molar-refractivity contribution is -0.139. The Morgan fingerprint density at radius 3 is 2.07 bits per heavy atom. The highest BCUT2D eigenvalue weighted by atomic mass is 35.5. The van der Waals surface area contributed by atoms with Crippen LogP contribution >= 0.6 is 11.6 Å². The van der Waals surface area contributed by atoms with E-state index >= 15 is 0 Å². The maximum absolute atomic E-state index is 14.4. The summed E-state index contributed by atoms with van der Waals surface area (Å²) in [4.78, 5) is 29.2. The van der Waals surface area contributed by atoms with Crippen LogP contribution in [0, 0.1) is 0 Å². The molecule has 0 fully saturated rings. The van der Waals surface area contributed by atoms with Crippen molar-refractivity contribution in [2.45, 2.75) is 23.9 Å². The van der Waals surface area contributed by atoms with Crippen LogP contribution in [0.25, 0.3) is 0 Å². The number of sulfonamides is 1. The molecule has 1 atom stereocenters. The number of carbonyl (C=O) groups excluding carboxylic acids is 2. The average molecular weight is 636 g/mol. The molecule has 0 heterocycles. The van der Waals surface area contributed by atoms with Crippen LogP contribution in [0.15, 0.2) is 108 Å². The highest BCUT2D eigenvalue weighted by Gasteiger charge is 2.35. The molecule has 0 aliphatic carbocycles. The van der Waals surface area contributed by atoms with Gasteiger partial charge in [-0.25, -0.2) is 8.42 Å². The number of hydrogen-bond donors (Lipinski definition) is 1. The molecule has 9 nitrogen and oxygen atoms in total. The average Bonchev–Trinajstić information content (AvgIpc) is 3.06. The minimum absolute atomic E-state index is 0.0194. The Hall–Kier alpha value is -4.54. The van der Waals surface area contributed by atoms with Gasteiger partial charge in [-0.15, -0.1) is 0 Å². The van der Waals surface area contributed by atoms with E-state index in [0.717, 1.165) is 9.87 Å². The lowest BCUT2D eigenvalue weighted by Gasteiger charge is -2.34. The maximum Gasteiger partial charge on any atom is 0.264 e. The van der Waals surface area contributed by atoms with Crippen molar-refractivity contribution in [3.05, 3.63) is 119 Å². The van der Waals surface area contributed by atoms with Gasteiger partial charge in [0.15, 0.2) is 0 Å². The number of nitrogens with zero attached hydrogens (tertiary/aromatic N) is 2. The second-order valence-corrected chi connectivity index (χ2v) is 12.1. The van der Waals surface area contributed by atoms with E-state index < -0.39 is 34.4 Å². The summed E-state index contributed by atoms with van der Waals surface area (Å²) in [5, 5.41) is 3.19. The van der Waals surface area contributed by atoms with E-state index in [1.165, 1.54) is 44.4 Å². The standard InChI is InChI=1S/C33H34ClN3O6S/c1-35-33(39)30(20-24-10-6-4-7-11-24)36(22-25-14-16-26(34)17-15-25)32(38)23-37(44(40,41)28-12-8-5-9-13-28)29-21-27(42-2)18-19-31(29)43-3/h4-19,21,30H,20,22-23H2,1-3H3,(H,35,39)/t30-/m0/s1. The Morgan fingerprint density at radius 2 is 1.48 bits per heavy atom. The zero-order chi connectivity index (χ0) is 31.7. The lowest BCUT2D eigenvalue weighted by Crippen LogP contribution is -2.53. The first-order valence-electron chi connectivity index (χ1n) is 13.8. The summed E-state index contributed by atoms with van der Waals surface area (Å²) >= 11 is 6.11. The number of anilines is 1. The number of amides is 2. The molecule has 0 aliphatic heterocycles. The second kappa shape index (κ2) is 14.8. The van der Waals surface area contributed by atoms with Gasteiger partial charge in [0.2, 0.25) is 11.8 Å². The summed E-state index contributed by atoms with van der Waals surface area (Å²) in [7, 11) is 0.0697. The summed E-state index contributed by atoms with van der Waals surface area (Å²) in [5.74, 6) is -0.414. The first-order valence-corrected chi connectivity index (χ1v) is 15.6. The van der Waals surface area contributed by atoms with Crippen LogP contribution in [0.4, 0.5) is 5.69 Å². The molecule has 0 unspecified atom stereocenters. The van der Waals surface area contributed by atoms with Crippen molar-refractivity contribution in [1.82, 2.24) is 10.2 Å². The molecule has 4 aromatic rings. The topological polar surface area (TPSA) is 105 Å². The minimum Gasteiger partial charge on any atom is -0.497 e. The predicted molar refractivity (Wildman–Crippen MR) is 171 cm³/mol. The van der Waals surface area contributed by atoms with Gasteiger partial charge in [0, 0.05) is 31.1 Å². The number of halogens is 1. The van der Waals surface area contributed by atoms with Crippen molar-refractivity contribution in [2.24, 2.45) is 0 Å². The number of rotatable bonds is 13. The molecule has 1 N–H and O–H groups in total. The lowest BCUT2D eigenvalue weighted by atomic mass is 10.0. The normalized spacial score (nSPS) is 11.7. The summed E-state index contributed by atoms with van der Waals surface area (Å²) in [5.41, 5.74) is 1.65. The largest absolute Gasteiger partial charge is 0.497 e. The van der Waals surface area contributed by atoms with Gasteiger partial charge < -0.3 is 19.7 Å². The van der Waals surface area contributed by atoms with Crippen LogP contribution in [0.3, 0.4) is 0 Å². The first-order chi connectivity index (χ1) is 21.2. The first kappa shape index (κ1) is 32.4. The fourth-order valence-electron chi connectivity index (χ4n) is 4.73. The molecule has 0 aliphatic rings. The van der Waals surface area contributed by atoms with E-state index in [2.05, 4.69) is 5.32 Å². The monoisotopic (exact) mass is 635 g/mol. The number of nitrogens with one attached hydrogen (secondary N) is 1. The van der Waals surface area contributed by atoms with E-state index in [1.807, 2.05) is 30.3 Å². The van der Waals surface area contributed by atoms with Crippen LogP contribution in [0.1, 0.15) is 11.1 Å². The molecule has 230 valence electrons. The Morgan fingerprint density at radius 1 is 0.841 bits per heavy atom. The third-order valence-electron chi connectivity index (χ3n) is 7.05. The van der Waals surface area contributed by atoms with E-state index in [9.17, 15) is 18.0 Å². The summed E-state index contributed by atoms with van der Waals surface area (Å²) < 4.78 is 40.2. The zero-order valence-corrected chi connectivity index (χ0v) is 26.2. The van der Waals surface area contributed by atoms with Gasteiger partial charge in [0.05, 0.1) is 24.8 Å². The molecule has 11 heteroatoms. The Kier molecular flexibility index (Phi) is 10.9. The molecule has 0 spiro atoms. The number of benzene rings is 4. The smallest absolute Gasteiger partial charge is 0.264 e. The predicted octanol–water partition coefficient (Wildman–Crippen LogP) is 4.94. The van der Waals surface area contributed by atoms with Crippen molar-refractivity contribution in [1.29, 1.82) is 0 Å². The van der Waals surface area contributed by atoms with E-state index in [4.69, 9.17) is 21.1 Å². The van der Waals surface area contributed by atoms with Crippen molar-refractivity contribution in [2.75, 3.05) is 32.1 Å². The summed E-state index contributed by atoms with van der Waals surface area (Å²) in [6.45, 7) is -0.605. The van der Waals surface area contributed by atoms with Gasteiger partial charge in [-0.2, -0.15) is 0 Å².